The Morgan fingerprint density at radius 1 is 0.964 bits per heavy atom. The Hall–Kier alpha value is -3.54. The maximum Gasteiger partial charge on any atom is 0.251 e. The third kappa shape index (κ3) is 4.79. The molecule has 2 aromatic carbocycles. The molecule has 0 saturated heterocycles. The highest BCUT2D eigenvalue weighted by Gasteiger charge is 2.09. The first kappa shape index (κ1) is 19.2. The van der Waals surface area contributed by atoms with E-state index in [0.29, 0.717) is 29.4 Å². The van der Waals surface area contributed by atoms with Crippen LogP contribution in [0, 0.1) is 6.92 Å². The van der Waals surface area contributed by atoms with Crippen LogP contribution in [0.2, 0.25) is 0 Å². The summed E-state index contributed by atoms with van der Waals surface area (Å²) in [4.78, 5) is 16.8. The number of ether oxygens (including phenoxy) is 2. The number of carbonyl (C=O) groups is 1. The van der Waals surface area contributed by atoms with Crippen LogP contribution in [0.15, 0.2) is 60.8 Å². The van der Waals surface area contributed by atoms with E-state index in [1.54, 1.807) is 38.6 Å². The normalized spacial score (nSPS) is 10.2. The number of methoxy groups -OCH3 is 2. The minimum atomic E-state index is -0.154. The minimum Gasteiger partial charge on any atom is -0.493 e. The summed E-state index contributed by atoms with van der Waals surface area (Å²) in [6.45, 7) is 2.51. The molecule has 6 heteroatoms. The van der Waals surface area contributed by atoms with Crippen molar-refractivity contribution in [1.29, 1.82) is 0 Å². The van der Waals surface area contributed by atoms with Crippen molar-refractivity contribution < 1.29 is 14.3 Å². The summed E-state index contributed by atoms with van der Waals surface area (Å²) in [7, 11) is 3.17. The topological polar surface area (TPSA) is 72.5 Å². The van der Waals surface area contributed by atoms with Gasteiger partial charge in [-0.25, -0.2) is 4.98 Å². The number of nitrogens with zero attached hydrogens (tertiary/aromatic N) is 1. The fourth-order valence-corrected chi connectivity index (χ4v) is 2.69. The average Bonchev–Trinajstić information content (AvgIpc) is 2.73. The molecule has 1 aromatic heterocycles. The van der Waals surface area contributed by atoms with E-state index < -0.39 is 0 Å². The van der Waals surface area contributed by atoms with Gasteiger partial charge in [0.25, 0.3) is 5.91 Å². The number of aromatic nitrogens is 1. The van der Waals surface area contributed by atoms with E-state index in [4.69, 9.17) is 9.47 Å². The molecule has 0 aliphatic heterocycles. The number of aryl methyl sites for hydroxylation is 1. The Labute approximate surface area is 164 Å². The maximum atomic E-state index is 12.5. The molecule has 3 rings (SSSR count). The van der Waals surface area contributed by atoms with Gasteiger partial charge >= 0.3 is 0 Å². The molecular formula is C22H23N3O3. The lowest BCUT2D eigenvalue weighted by Gasteiger charge is -2.11. The van der Waals surface area contributed by atoms with Crippen LogP contribution in [-0.4, -0.2) is 25.1 Å². The summed E-state index contributed by atoms with van der Waals surface area (Å²) in [5.74, 6) is 1.67. The zero-order valence-electron chi connectivity index (χ0n) is 16.2. The number of rotatable bonds is 7. The molecule has 0 spiro atoms. The van der Waals surface area contributed by atoms with Crippen LogP contribution in [0.3, 0.4) is 0 Å². The lowest BCUT2D eigenvalue weighted by atomic mass is 10.1. The molecule has 0 saturated carbocycles. The largest absolute Gasteiger partial charge is 0.493 e. The number of amides is 1. The number of carbonyl (C=O) groups excluding carboxylic acids is 1. The molecule has 3 aromatic rings. The van der Waals surface area contributed by atoms with Gasteiger partial charge in [0.2, 0.25) is 0 Å². The molecule has 0 bridgehead atoms. The molecule has 6 nitrogen and oxygen atoms in total. The number of nitrogens with one attached hydrogen (secondary N) is 2. The number of benzene rings is 2. The lowest BCUT2D eigenvalue weighted by molar-refractivity contribution is 0.0951. The summed E-state index contributed by atoms with van der Waals surface area (Å²) in [6.07, 6.45) is 1.60. The van der Waals surface area contributed by atoms with Gasteiger partial charge in [-0.1, -0.05) is 29.8 Å². The molecular weight excluding hydrogens is 354 g/mol. The van der Waals surface area contributed by atoms with Gasteiger partial charge in [0.1, 0.15) is 5.82 Å². The van der Waals surface area contributed by atoms with Crippen molar-refractivity contribution in [3.05, 3.63) is 77.5 Å². The lowest BCUT2D eigenvalue weighted by Crippen LogP contribution is -2.22. The van der Waals surface area contributed by atoms with E-state index in [0.717, 1.165) is 11.3 Å². The van der Waals surface area contributed by atoms with Gasteiger partial charge in [-0.2, -0.15) is 0 Å². The third-order valence-electron chi connectivity index (χ3n) is 4.25. The molecule has 0 atom stereocenters. The second-order valence-corrected chi connectivity index (χ2v) is 6.29. The van der Waals surface area contributed by atoms with Crippen LogP contribution in [0.5, 0.6) is 11.5 Å². The fourth-order valence-electron chi connectivity index (χ4n) is 2.69. The first-order chi connectivity index (χ1) is 13.6. The Morgan fingerprint density at radius 2 is 1.71 bits per heavy atom. The monoisotopic (exact) mass is 377 g/mol. The molecule has 0 unspecified atom stereocenters. The van der Waals surface area contributed by atoms with Crippen LogP contribution in [0.25, 0.3) is 0 Å². The van der Waals surface area contributed by atoms with Gasteiger partial charge in [0.05, 0.1) is 14.2 Å². The van der Waals surface area contributed by atoms with Gasteiger partial charge in [-0.15, -0.1) is 0 Å². The predicted molar refractivity (Wildman–Crippen MR) is 109 cm³/mol. The highest BCUT2D eigenvalue weighted by Crippen LogP contribution is 2.30. The van der Waals surface area contributed by atoms with Gasteiger partial charge in [0.15, 0.2) is 11.5 Å². The van der Waals surface area contributed by atoms with Crippen LogP contribution in [-0.2, 0) is 6.54 Å². The molecule has 144 valence electrons. The van der Waals surface area contributed by atoms with Gasteiger partial charge in [-0.05, 0) is 36.8 Å². The number of hydrogen-bond donors (Lipinski definition) is 2. The molecule has 0 fully saturated rings. The minimum absolute atomic E-state index is 0.154. The molecule has 1 heterocycles. The Bertz CT molecular complexity index is 955. The second kappa shape index (κ2) is 8.90. The zero-order chi connectivity index (χ0) is 19.9. The van der Waals surface area contributed by atoms with E-state index >= 15 is 0 Å². The summed E-state index contributed by atoms with van der Waals surface area (Å²) in [6, 6.07) is 16.9. The predicted octanol–water partition coefficient (Wildman–Crippen LogP) is 4.08. The van der Waals surface area contributed by atoms with Crippen LogP contribution in [0.4, 0.5) is 11.5 Å². The van der Waals surface area contributed by atoms with Crippen molar-refractivity contribution in [2.45, 2.75) is 13.5 Å². The quantitative estimate of drug-likeness (QED) is 0.649. The van der Waals surface area contributed by atoms with Crippen molar-refractivity contribution in [3.8, 4) is 11.5 Å². The first-order valence-electron chi connectivity index (χ1n) is 8.88. The van der Waals surface area contributed by atoms with Gasteiger partial charge in [-0.3, -0.25) is 4.79 Å². The smallest absolute Gasteiger partial charge is 0.251 e. The molecule has 28 heavy (non-hydrogen) atoms. The molecule has 0 radical (unpaired) electrons. The maximum absolute atomic E-state index is 12.5. The molecule has 2 N–H and O–H groups in total. The molecule has 0 aliphatic carbocycles. The average molecular weight is 377 g/mol. The molecule has 0 aliphatic rings. The van der Waals surface area contributed by atoms with Crippen molar-refractivity contribution >= 4 is 17.4 Å². The first-order valence-corrected chi connectivity index (χ1v) is 8.88. The summed E-state index contributed by atoms with van der Waals surface area (Å²) in [5.41, 5.74) is 3.55. The number of anilines is 2. The Balaban J connectivity index is 1.67. The van der Waals surface area contributed by atoms with Crippen molar-refractivity contribution in [1.82, 2.24) is 10.3 Å². The fraction of sp³-hybridized carbons (Fsp3) is 0.182. The van der Waals surface area contributed by atoms with Crippen LogP contribution in [0.1, 0.15) is 21.5 Å². The SMILES string of the molecule is COc1ccc(Nc2cc(C(=O)NCc3ccc(C)cc3)ccn2)cc1OC. The second-order valence-electron chi connectivity index (χ2n) is 6.29. The van der Waals surface area contributed by atoms with E-state index in [9.17, 15) is 4.79 Å². The Morgan fingerprint density at radius 3 is 2.43 bits per heavy atom. The molecule has 1 amide bonds. The summed E-state index contributed by atoms with van der Waals surface area (Å²) >= 11 is 0. The van der Waals surface area contributed by atoms with Gasteiger partial charge in [0, 0.05) is 30.1 Å². The van der Waals surface area contributed by atoms with Crippen LogP contribution >= 0.6 is 0 Å². The van der Waals surface area contributed by atoms with E-state index in [-0.39, 0.29) is 5.91 Å². The number of pyridine rings is 1. The Kier molecular flexibility index (Phi) is 6.11. The van der Waals surface area contributed by atoms with Crippen molar-refractivity contribution in [2.24, 2.45) is 0 Å². The van der Waals surface area contributed by atoms with Gasteiger partial charge < -0.3 is 20.1 Å². The highest BCUT2D eigenvalue weighted by atomic mass is 16.5. The van der Waals surface area contributed by atoms with E-state index in [2.05, 4.69) is 15.6 Å². The third-order valence-corrected chi connectivity index (χ3v) is 4.25. The summed E-state index contributed by atoms with van der Waals surface area (Å²) in [5, 5.41) is 6.11. The van der Waals surface area contributed by atoms with Crippen molar-refractivity contribution in [2.75, 3.05) is 19.5 Å². The highest BCUT2D eigenvalue weighted by molar-refractivity contribution is 5.94. The van der Waals surface area contributed by atoms with Crippen LogP contribution < -0.4 is 20.1 Å². The summed E-state index contributed by atoms with van der Waals surface area (Å²) < 4.78 is 10.5. The zero-order valence-corrected chi connectivity index (χ0v) is 16.2. The van der Waals surface area contributed by atoms with Crippen molar-refractivity contribution in [3.63, 3.8) is 0 Å². The standard InChI is InChI=1S/C22H23N3O3/c1-15-4-6-16(7-5-15)14-24-22(26)17-10-11-23-21(12-17)25-18-8-9-19(27-2)20(13-18)28-3/h4-13H,14H2,1-3H3,(H,23,25)(H,24,26). The number of hydrogen-bond acceptors (Lipinski definition) is 5. The van der Waals surface area contributed by atoms with E-state index in [1.165, 1.54) is 5.56 Å². The van der Waals surface area contributed by atoms with E-state index in [1.807, 2.05) is 43.3 Å².